The molecule has 0 spiro atoms. The minimum atomic E-state index is -0.757. The molecule has 2 aromatic rings. The summed E-state index contributed by atoms with van der Waals surface area (Å²) in [5.74, 6) is -0.694. The second-order valence-corrected chi connectivity index (χ2v) is 8.80. The number of nitrogens with zero attached hydrogens (tertiary/aromatic N) is 2. The number of carbonyl (C=O) groups is 2. The van der Waals surface area contributed by atoms with Crippen molar-refractivity contribution >= 4 is 40.0 Å². The molecule has 1 aliphatic heterocycles. The Balaban J connectivity index is 2.06. The molecule has 0 fully saturated rings. The van der Waals surface area contributed by atoms with Crippen LogP contribution in [-0.2, 0) is 14.3 Å². The Labute approximate surface area is 208 Å². The van der Waals surface area contributed by atoms with Crippen molar-refractivity contribution in [1.82, 2.24) is 4.58 Å². The zero-order valence-electron chi connectivity index (χ0n) is 20.9. The maximum Gasteiger partial charge on any atom is 0.343 e. The fourth-order valence-electron chi connectivity index (χ4n) is 4.02. The van der Waals surface area contributed by atoms with Crippen LogP contribution in [0.1, 0.15) is 17.3 Å². The van der Waals surface area contributed by atoms with Crippen LogP contribution < -0.4 is 26.3 Å². The van der Waals surface area contributed by atoms with Gasteiger partial charge in [-0.2, -0.15) is 0 Å². The molecule has 0 saturated carbocycles. The molecule has 36 heavy (non-hydrogen) atoms. The van der Waals surface area contributed by atoms with Gasteiger partial charge >= 0.3 is 11.9 Å². The van der Waals surface area contributed by atoms with Crippen LogP contribution in [0.3, 0.4) is 0 Å². The van der Waals surface area contributed by atoms with Crippen LogP contribution in [0.25, 0.3) is 33.4 Å². The summed E-state index contributed by atoms with van der Waals surface area (Å²) in [4.78, 5) is 26.3. The minimum Gasteiger partial charge on any atom is -0.456 e. The van der Waals surface area contributed by atoms with Gasteiger partial charge in [-0.25, -0.2) is 9.37 Å². The average molecular weight is 490 g/mol. The Hall–Kier alpha value is -4.53. The van der Waals surface area contributed by atoms with E-state index in [1.165, 1.54) is 6.92 Å². The molecule has 2 aliphatic rings. The number of benzene rings is 3. The lowest BCUT2D eigenvalue weighted by Crippen LogP contribution is -2.21. The van der Waals surface area contributed by atoms with Gasteiger partial charge in [0.05, 0.1) is 23.0 Å². The van der Waals surface area contributed by atoms with E-state index in [1.54, 1.807) is 12.1 Å². The van der Waals surface area contributed by atoms with E-state index in [-0.39, 0.29) is 16.9 Å². The number of esters is 2. The molecule has 9 heteroatoms. The summed E-state index contributed by atoms with van der Waals surface area (Å²) in [6, 6.07) is 15.1. The van der Waals surface area contributed by atoms with E-state index in [4.69, 9.17) is 25.4 Å². The molecule has 0 atom stereocenters. The molecular formula is C27H29N4O5+. The Kier molecular flexibility index (Phi) is 6.57. The van der Waals surface area contributed by atoms with Gasteiger partial charge in [-0.05, 0) is 29.8 Å². The Bertz CT molecular complexity index is 1530. The van der Waals surface area contributed by atoms with Gasteiger partial charge < -0.3 is 30.3 Å². The van der Waals surface area contributed by atoms with Gasteiger partial charge in [0.2, 0.25) is 12.2 Å². The molecular weight excluding hydrogens is 460 g/mol. The molecule has 2 aromatic carbocycles. The fraction of sp³-hybridized carbons (Fsp3) is 0.222. The maximum atomic E-state index is 13.2. The van der Waals surface area contributed by atoms with Crippen molar-refractivity contribution in [1.29, 1.82) is 0 Å². The van der Waals surface area contributed by atoms with Gasteiger partial charge in [-0.15, -0.1) is 0 Å². The number of fused-ring (bicyclic) bond motifs is 2. The number of hydrogen-bond donors (Lipinski definition) is 2. The van der Waals surface area contributed by atoms with Crippen molar-refractivity contribution in [3.05, 3.63) is 59.5 Å². The largest absolute Gasteiger partial charge is 0.456 e. The second kappa shape index (κ2) is 9.61. The minimum absolute atomic E-state index is 0.0808. The molecule has 9 nitrogen and oxygen atoms in total. The number of anilines is 3. The molecule has 0 saturated heterocycles. The topological polar surface area (TPSA) is 124 Å². The monoisotopic (exact) mass is 489 g/mol. The lowest BCUT2D eigenvalue weighted by atomic mass is 9.89. The first-order chi connectivity index (χ1) is 17.1. The third kappa shape index (κ3) is 4.55. The molecule has 4 N–H and O–H groups in total. The zero-order chi connectivity index (χ0) is 26.1. The molecule has 0 radical (unpaired) electrons. The lowest BCUT2D eigenvalue weighted by molar-refractivity contribution is -0.149. The smallest absolute Gasteiger partial charge is 0.343 e. The van der Waals surface area contributed by atoms with Crippen molar-refractivity contribution < 1.29 is 23.5 Å². The molecule has 0 bridgehead atoms. The third-order valence-electron chi connectivity index (χ3n) is 5.93. The van der Waals surface area contributed by atoms with Gasteiger partial charge in [-0.3, -0.25) is 4.79 Å². The predicted molar refractivity (Wildman–Crippen MR) is 141 cm³/mol. The van der Waals surface area contributed by atoms with Crippen molar-refractivity contribution in [2.24, 2.45) is 0 Å². The van der Waals surface area contributed by atoms with Gasteiger partial charge in [0.25, 0.3) is 0 Å². The summed E-state index contributed by atoms with van der Waals surface area (Å²) in [7, 11) is 7.80. The lowest BCUT2D eigenvalue weighted by Gasteiger charge is -2.20. The van der Waals surface area contributed by atoms with E-state index in [0.29, 0.717) is 16.9 Å². The Morgan fingerprint density at radius 1 is 0.972 bits per heavy atom. The van der Waals surface area contributed by atoms with E-state index in [0.717, 1.165) is 27.6 Å². The Morgan fingerprint density at radius 2 is 1.69 bits per heavy atom. The highest BCUT2D eigenvalue weighted by Crippen LogP contribution is 2.44. The standard InChI is InChI=1S/C27H28N4O5/c1-15(32)34-14-35-27(33)25-20(10-11-21(28)26(25)29)24-18-8-6-16(30(2)3)12-22(18)36-23-13-17(31(4)5)7-9-19(23)24/h6-13,28H,14H2,1-5H3,(H2,29,33)/p+1. The summed E-state index contributed by atoms with van der Waals surface area (Å²) in [5, 5.41) is 1.74. The fourth-order valence-corrected chi connectivity index (χ4v) is 4.02. The van der Waals surface area contributed by atoms with E-state index in [1.807, 2.05) is 74.1 Å². The SMILES string of the molecule is CC(=O)OCOC(=O)c1c(-c2c3ccc(=[N+](C)C)cc-3oc3cc(N(C)C)ccc23)ccc(N)c1N. The second-order valence-electron chi connectivity index (χ2n) is 8.80. The first kappa shape index (κ1) is 24.6. The molecule has 1 heterocycles. The van der Waals surface area contributed by atoms with E-state index >= 15 is 0 Å². The molecule has 0 amide bonds. The number of carbonyl (C=O) groups excluding carboxylic acids is 2. The number of ether oxygens (including phenoxy) is 2. The summed E-state index contributed by atoms with van der Waals surface area (Å²) >= 11 is 0. The number of nitrogen functional groups attached to an aromatic ring is 2. The quantitative estimate of drug-likeness (QED) is 0.144. The van der Waals surface area contributed by atoms with Crippen LogP contribution in [0.4, 0.5) is 17.1 Å². The molecule has 186 valence electrons. The van der Waals surface area contributed by atoms with E-state index < -0.39 is 18.7 Å². The molecule has 1 aliphatic carbocycles. The molecule has 0 aromatic heterocycles. The summed E-state index contributed by atoms with van der Waals surface area (Å²) in [6.07, 6.45) is 0. The van der Waals surface area contributed by atoms with Gasteiger partial charge in [0, 0.05) is 55.4 Å². The van der Waals surface area contributed by atoms with Gasteiger partial charge in [0.15, 0.2) is 0 Å². The number of nitrogens with two attached hydrogens (primary N) is 2. The maximum absolute atomic E-state index is 13.2. The number of rotatable bonds is 5. The van der Waals surface area contributed by atoms with Crippen molar-refractivity contribution in [3.63, 3.8) is 0 Å². The third-order valence-corrected chi connectivity index (χ3v) is 5.93. The Morgan fingerprint density at radius 3 is 2.36 bits per heavy atom. The predicted octanol–water partition coefficient (Wildman–Crippen LogP) is 3.14. The van der Waals surface area contributed by atoms with Crippen LogP contribution in [0.5, 0.6) is 0 Å². The van der Waals surface area contributed by atoms with E-state index in [9.17, 15) is 9.59 Å². The van der Waals surface area contributed by atoms with Crippen molar-refractivity contribution in [3.8, 4) is 22.5 Å². The zero-order valence-corrected chi connectivity index (χ0v) is 20.9. The van der Waals surface area contributed by atoms with Crippen LogP contribution >= 0.6 is 0 Å². The highest BCUT2D eigenvalue weighted by atomic mass is 16.7. The summed E-state index contributed by atoms with van der Waals surface area (Å²) in [5.41, 5.74) is 16.4. The van der Waals surface area contributed by atoms with Crippen molar-refractivity contribution in [2.75, 3.05) is 51.4 Å². The van der Waals surface area contributed by atoms with Crippen LogP contribution in [0.2, 0.25) is 0 Å². The summed E-state index contributed by atoms with van der Waals surface area (Å²) in [6.45, 7) is 0.690. The van der Waals surface area contributed by atoms with Gasteiger partial charge in [0.1, 0.15) is 25.4 Å². The first-order valence-electron chi connectivity index (χ1n) is 11.3. The molecule has 0 unspecified atom stereocenters. The van der Waals surface area contributed by atoms with Crippen LogP contribution in [0, 0.1) is 0 Å². The van der Waals surface area contributed by atoms with E-state index in [2.05, 4.69) is 0 Å². The van der Waals surface area contributed by atoms with Crippen molar-refractivity contribution in [2.45, 2.75) is 6.92 Å². The number of hydrogen-bond acceptors (Lipinski definition) is 8. The van der Waals surface area contributed by atoms with Gasteiger partial charge in [-0.1, -0.05) is 6.07 Å². The normalized spacial score (nSPS) is 10.9. The van der Waals surface area contributed by atoms with Crippen LogP contribution in [0.15, 0.2) is 52.9 Å². The van der Waals surface area contributed by atoms with Crippen LogP contribution in [-0.4, -0.2) is 46.9 Å². The highest BCUT2D eigenvalue weighted by Gasteiger charge is 2.26. The summed E-state index contributed by atoms with van der Waals surface area (Å²) < 4.78 is 18.3. The average Bonchev–Trinajstić information content (AvgIpc) is 2.83. The molecule has 4 rings (SSSR count). The first-order valence-corrected chi connectivity index (χ1v) is 11.3. The highest BCUT2D eigenvalue weighted by molar-refractivity contribution is 6.11.